The van der Waals surface area contributed by atoms with Crippen molar-refractivity contribution in [2.24, 2.45) is 11.1 Å². The summed E-state index contributed by atoms with van der Waals surface area (Å²) in [6.45, 7) is 7.53. The minimum absolute atomic E-state index is 0.291. The number of hydrogen-bond donors (Lipinski definition) is 1. The highest BCUT2D eigenvalue weighted by Crippen LogP contribution is 2.48. The van der Waals surface area contributed by atoms with Crippen LogP contribution in [-0.2, 0) is 19.4 Å². The van der Waals surface area contributed by atoms with E-state index in [4.69, 9.17) is 5.73 Å². The van der Waals surface area contributed by atoms with Gasteiger partial charge in [0.15, 0.2) is 0 Å². The summed E-state index contributed by atoms with van der Waals surface area (Å²) in [5, 5.41) is 4.56. The molecule has 1 unspecified atom stereocenters. The van der Waals surface area contributed by atoms with Crippen LogP contribution in [-0.4, -0.2) is 15.8 Å². The molecule has 0 aliphatic heterocycles. The summed E-state index contributed by atoms with van der Waals surface area (Å²) >= 11 is 0. The Morgan fingerprint density at radius 2 is 2.19 bits per heavy atom. The zero-order valence-electron chi connectivity index (χ0n) is 10.7. The van der Waals surface area contributed by atoms with E-state index in [1.807, 2.05) is 0 Å². The first kappa shape index (κ1) is 11.6. The lowest BCUT2D eigenvalue weighted by Crippen LogP contribution is -2.32. The van der Waals surface area contributed by atoms with E-state index in [9.17, 15) is 0 Å². The normalized spacial score (nSPS) is 19.8. The van der Waals surface area contributed by atoms with Crippen LogP contribution in [0.25, 0.3) is 0 Å². The van der Waals surface area contributed by atoms with E-state index in [2.05, 4.69) is 36.6 Å². The fraction of sp³-hybridized carbons (Fsp3) is 0.769. The standard InChI is InChI=1S/C13H23N3/c1-4-10-8-11(16(5-2)15-10)9-12(14)13(3)6-7-13/h8,12H,4-7,9,14H2,1-3H3. The van der Waals surface area contributed by atoms with Gasteiger partial charge in [-0.2, -0.15) is 5.10 Å². The van der Waals surface area contributed by atoms with Crippen LogP contribution in [0, 0.1) is 5.41 Å². The fourth-order valence-corrected chi connectivity index (χ4v) is 2.17. The lowest BCUT2D eigenvalue weighted by Gasteiger charge is -2.18. The third kappa shape index (κ3) is 2.14. The van der Waals surface area contributed by atoms with Gasteiger partial charge < -0.3 is 5.73 Å². The maximum absolute atomic E-state index is 6.28. The van der Waals surface area contributed by atoms with Gasteiger partial charge in [0.2, 0.25) is 0 Å². The minimum atomic E-state index is 0.291. The molecule has 1 saturated carbocycles. The van der Waals surface area contributed by atoms with E-state index < -0.39 is 0 Å². The molecule has 1 fully saturated rings. The van der Waals surface area contributed by atoms with Gasteiger partial charge in [0.05, 0.1) is 5.69 Å². The van der Waals surface area contributed by atoms with E-state index in [0.717, 1.165) is 19.4 Å². The van der Waals surface area contributed by atoms with Gasteiger partial charge in [-0.25, -0.2) is 0 Å². The molecule has 1 aromatic rings. The molecule has 2 N–H and O–H groups in total. The molecule has 1 aromatic heterocycles. The Morgan fingerprint density at radius 3 is 2.69 bits per heavy atom. The second-order valence-electron chi connectivity index (χ2n) is 5.26. The van der Waals surface area contributed by atoms with Crippen LogP contribution in [0.3, 0.4) is 0 Å². The van der Waals surface area contributed by atoms with Crippen molar-refractivity contribution in [3.63, 3.8) is 0 Å². The van der Waals surface area contributed by atoms with Crippen LogP contribution >= 0.6 is 0 Å². The maximum Gasteiger partial charge on any atom is 0.0624 e. The van der Waals surface area contributed by atoms with Crippen molar-refractivity contribution in [2.45, 2.75) is 59.0 Å². The van der Waals surface area contributed by atoms with Crippen molar-refractivity contribution < 1.29 is 0 Å². The Hall–Kier alpha value is -0.830. The molecule has 16 heavy (non-hydrogen) atoms. The molecular formula is C13H23N3. The van der Waals surface area contributed by atoms with Crippen molar-refractivity contribution in [3.05, 3.63) is 17.5 Å². The Morgan fingerprint density at radius 1 is 1.50 bits per heavy atom. The smallest absolute Gasteiger partial charge is 0.0624 e. The highest BCUT2D eigenvalue weighted by molar-refractivity contribution is 5.14. The second-order valence-corrected chi connectivity index (χ2v) is 5.26. The summed E-state index contributed by atoms with van der Waals surface area (Å²) < 4.78 is 2.10. The maximum atomic E-state index is 6.28. The molecule has 3 nitrogen and oxygen atoms in total. The summed E-state index contributed by atoms with van der Waals surface area (Å²) in [6, 6.07) is 2.51. The molecule has 2 rings (SSSR count). The van der Waals surface area contributed by atoms with Crippen LogP contribution in [0.5, 0.6) is 0 Å². The van der Waals surface area contributed by atoms with Crippen LogP contribution in [0.4, 0.5) is 0 Å². The van der Waals surface area contributed by atoms with Crippen LogP contribution in [0.1, 0.15) is 45.0 Å². The Labute approximate surface area is 98.0 Å². The number of rotatable bonds is 5. The van der Waals surface area contributed by atoms with Gasteiger partial charge in [-0.05, 0) is 37.7 Å². The van der Waals surface area contributed by atoms with Gasteiger partial charge in [0.1, 0.15) is 0 Å². The predicted octanol–water partition coefficient (Wildman–Crippen LogP) is 2.14. The third-order valence-corrected chi connectivity index (χ3v) is 3.94. The average molecular weight is 221 g/mol. The topological polar surface area (TPSA) is 43.8 Å². The van der Waals surface area contributed by atoms with Gasteiger partial charge in [0.25, 0.3) is 0 Å². The van der Waals surface area contributed by atoms with E-state index in [0.29, 0.717) is 11.5 Å². The lowest BCUT2D eigenvalue weighted by atomic mass is 9.95. The molecule has 0 saturated heterocycles. The first-order valence-corrected chi connectivity index (χ1v) is 6.40. The first-order valence-electron chi connectivity index (χ1n) is 6.40. The molecular weight excluding hydrogens is 198 g/mol. The summed E-state index contributed by atoms with van der Waals surface area (Å²) in [6.07, 6.45) is 4.55. The number of nitrogens with zero attached hydrogens (tertiary/aromatic N) is 2. The molecule has 0 spiro atoms. The molecule has 0 amide bonds. The van der Waals surface area contributed by atoms with E-state index in [1.54, 1.807) is 0 Å². The zero-order chi connectivity index (χ0) is 11.8. The minimum Gasteiger partial charge on any atom is -0.327 e. The number of aromatic nitrogens is 2. The number of hydrogen-bond acceptors (Lipinski definition) is 2. The molecule has 0 bridgehead atoms. The van der Waals surface area contributed by atoms with Crippen LogP contribution in [0.15, 0.2) is 6.07 Å². The predicted molar refractivity (Wildman–Crippen MR) is 66.3 cm³/mol. The monoisotopic (exact) mass is 221 g/mol. The van der Waals surface area contributed by atoms with Gasteiger partial charge in [-0.1, -0.05) is 13.8 Å². The largest absolute Gasteiger partial charge is 0.327 e. The lowest BCUT2D eigenvalue weighted by molar-refractivity contribution is 0.421. The van der Waals surface area contributed by atoms with E-state index >= 15 is 0 Å². The summed E-state index contributed by atoms with van der Waals surface area (Å²) in [5.41, 5.74) is 9.17. The average Bonchev–Trinajstić information content (AvgIpc) is 2.91. The SMILES string of the molecule is CCc1cc(CC(N)C2(C)CC2)n(CC)n1. The Balaban J connectivity index is 2.10. The zero-order valence-corrected chi connectivity index (χ0v) is 10.7. The van der Waals surface area contributed by atoms with Crippen molar-refractivity contribution in [1.29, 1.82) is 0 Å². The van der Waals surface area contributed by atoms with Crippen molar-refractivity contribution in [1.82, 2.24) is 9.78 Å². The van der Waals surface area contributed by atoms with Crippen molar-refractivity contribution >= 4 is 0 Å². The quantitative estimate of drug-likeness (QED) is 0.828. The van der Waals surface area contributed by atoms with Gasteiger partial charge in [0, 0.05) is 24.7 Å². The van der Waals surface area contributed by atoms with E-state index in [1.165, 1.54) is 24.2 Å². The van der Waals surface area contributed by atoms with E-state index in [-0.39, 0.29) is 0 Å². The second kappa shape index (κ2) is 4.21. The molecule has 90 valence electrons. The Bertz CT molecular complexity index is 363. The molecule has 1 aliphatic carbocycles. The van der Waals surface area contributed by atoms with Crippen molar-refractivity contribution in [2.75, 3.05) is 0 Å². The molecule has 0 aromatic carbocycles. The number of aryl methyl sites for hydroxylation is 2. The van der Waals surface area contributed by atoms with Gasteiger partial charge >= 0.3 is 0 Å². The molecule has 1 aliphatic rings. The highest BCUT2D eigenvalue weighted by atomic mass is 15.3. The number of nitrogens with two attached hydrogens (primary N) is 1. The third-order valence-electron chi connectivity index (χ3n) is 3.94. The molecule has 1 heterocycles. The summed E-state index contributed by atoms with van der Waals surface area (Å²) in [5.74, 6) is 0. The molecule has 0 radical (unpaired) electrons. The summed E-state index contributed by atoms with van der Waals surface area (Å²) in [7, 11) is 0. The first-order chi connectivity index (χ1) is 7.59. The molecule has 1 atom stereocenters. The van der Waals surface area contributed by atoms with Crippen LogP contribution in [0.2, 0.25) is 0 Å². The fourth-order valence-electron chi connectivity index (χ4n) is 2.17. The van der Waals surface area contributed by atoms with Gasteiger partial charge in [-0.3, -0.25) is 4.68 Å². The summed E-state index contributed by atoms with van der Waals surface area (Å²) in [4.78, 5) is 0. The van der Waals surface area contributed by atoms with Crippen LogP contribution < -0.4 is 5.73 Å². The molecule has 3 heteroatoms. The van der Waals surface area contributed by atoms with Gasteiger partial charge in [-0.15, -0.1) is 0 Å². The highest BCUT2D eigenvalue weighted by Gasteiger charge is 2.43. The Kier molecular flexibility index (Phi) is 3.06. The van der Waals surface area contributed by atoms with Crippen molar-refractivity contribution in [3.8, 4) is 0 Å².